The van der Waals surface area contributed by atoms with Crippen molar-refractivity contribution in [3.05, 3.63) is 0 Å². The molecule has 0 heterocycles. The molecule has 8 heteroatoms. The summed E-state index contributed by atoms with van der Waals surface area (Å²) in [5.41, 5.74) is 0. The Morgan fingerprint density at radius 2 is 1.00 bits per heavy atom. The van der Waals surface area contributed by atoms with E-state index in [0.29, 0.717) is 0 Å². The van der Waals surface area contributed by atoms with Gasteiger partial charge in [-0.2, -0.15) is 0 Å². The maximum absolute atomic E-state index is 10.7. The van der Waals surface area contributed by atoms with Crippen LogP contribution in [0.15, 0.2) is 0 Å². The quantitative estimate of drug-likeness (QED) is 0.357. The molecule has 0 saturated heterocycles. The van der Waals surface area contributed by atoms with E-state index in [1.807, 2.05) is 0 Å². The summed E-state index contributed by atoms with van der Waals surface area (Å²) in [6, 6.07) is 0. The van der Waals surface area contributed by atoms with Gasteiger partial charge in [-0.15, -0.1) is 0 Å². The number of hydrogen-bond donors (Lipinski definition) is 0. The van der Waals surface area contributed by atoms with Crippen LogP contribution in [0.5, 0.6) is 0 Å². The van der Waals surface area contributed by atoms with Crippen LogP contribution in [0.4, 0.5) is 25.2 Å². The SMILES string of the molecule is CCCC[P+](CC)(CC)CC.F[P-](F)(F)(F)(F)F. The zero-order chi connectivity index (χ0) is 15.2. The van der Waals surface area contributed by atoms with E-state index in [-0.39, 0.29) is 0 Å². The molecule has 0 nitrogen and oxygen atoms in total. The van der Waals surface area contributed by atoms with Crippen LogP contribution in [-0.4, -0.2) is 24.6 Å². The summed E-state index contributed by atoms with van der Waals surface area (Å²) >= 11 is 0. The predicted octanol–water partition coefficient (Wildman–Crippen LogP) is 7.25. The van der Waals surface area contributed by atoms with E-state index >= 15 is 0 Å². The molecule has 0 aromatic rings. The standard InChI is InChI=1S/C10H24P.F6P/c1-5-9-10-11(6-2,7-3)8-4;1-7(2,3,4,5)6/h5-10H2,1-4H3;/q+1;-1. The van der Waals surface area contributed by atoms with Crippen LogP contribution in [0.3, 0.4) is 0 Å². The second-order valence-corrected chi connectivity index (χ2v) is 11.3. The molecule has 0 rings (SSSR count). The zero-order valence-electron chi connectivity index (χ0n) is 11.4. The normalized spacial score (nSPS) is 16.3. The third-order valence-corrected chi connectivity index (χ3v) is 8.29. The molecule has 0 unspecified atom stereocenters. The van der Waals surface area contributed by atoms with E-state index in [0.717, 1.165) is 0 Å². The first-order chi connectivity index (χ1) is 7.69. The van der Waals surface area contributed by atoms with Crippen LogP contribution in [0.25, 0.3) is 0 Å². The summed E-state index contributed by atoms with van der Waals surface area (Å²) in [7, 11) is -11.1. The van der Waals surface area contributed by atoms with E-state index < -0.39 is 15.1 Å². The molecule has 0 aromatic heterocycles. The first kappa shape index (κ1) is 20.8. The van der Waals surface area contributed by atoms with Crippen LogP contribution >= 0.6 is 15.1 Å². The second kappa shape index (κ2) is 6.26. The minimum atomic E-state index is -10.7. The van der Waals surface area contributed by atoms with E-state index in [1.54, 1.807) is 6.16 Å². The van der Waals surface area contributed by atoms with Gasteiger partial charge < -0.3 is 0 Å². The molecule has 0 N–H and O–H groups in total. The molecular formula is C10H24F6P2. The van der Waals surface area contributed by atoms with Crippen molar-refractivity contribution in [2.24, 2.45) is 0 Å². The van der Waals surface area contributed by atoms with Crippen LogP contribution in [0.1, 0.15) is 40.5 Å². The summed E-state index contributed by atoms with van der Waals surface area (Å²) in [6.07, 6.45) is 8.80. The summed E-state index contributed by atoms with van der Waals surface area (Å²) in [5, 5.41) is 0. The zero-order valence-corrected chi connectivity index (χ0v) is 13.2. The molecule has 0 aliphatic carbocycles. The molecule has 0 spiro atoms. The van der Waals surface area contributed by atoms with Gasteiger partial charge in [0.05, 0.1) is 24.6 Å². The molecule has 0 amide bonds. The van der Waals surface area contributed by atoms with Crippen molar-refractivity contribution < 1.29 is 25.2 Å². The molecule has 0 radical (unpaired) electrons. The first-order valence-corrected chi connectivity index (χ1v) is 10.7. The van der Waals surface area contributed by atoms with E-state index in [1.165, 1.54) is 31.3 Å². The third kappa shape index (κ3) is 18.8. The van der Waals surface area contributed by atoms with Crippen LogP contribution in [-0.2, 0) is 0 Å². The first-order valence-electron chi connectivity index (χ1n) is 6.11. The van der Waals surface area contributed by atoms with Gasteiger partial charge in [0.15, 0.2) is 0 Å². The topological polar surface area (TPSA) is 0 Å². The molecule has 0 bridgehead atoms. The van der Waals surface area contributed by atoms with Gasteiger partial charge in [-0.1, -0.05) is 13.3 Å². The number of halogens is 6. The fourth-order valence-corrected chi connectivity index (χ4v) is 4.92. The van der Waals surface area contributed by atoms with Crippen molar-refractivity contribution in [1.82, 2.24) is 0 Å². The molecule has 0 saturated carbocycles. The Balaban J connectivity index is 0. The van der Waals surface area contributed by atoms with Crippen molar-refractivity contribution in [2.75, 3.05) is 24.6 Å². The van der Waals surface area contributed by atoms with Gasteiger partial charge >= 0.3 is 33.0 Å². The van der Waals surface area contributed by atoms with Crippen LogP contribution < -0.4 is 0 Å². The van der Waals surface area contributed by atoms with Crippen molar-refractivity contribution in [1.29, 1.82) is 0 Å². The Kier molecular flexibility index (Phi) is 7.22. The Morgan fingerprint density at radius 3 is 1.17 bits per heavy atom. The Bertz CT molecular complexity index is 208. The van der Waals surface area contributed by atoms with Crippen molar-refractivity contribution in [3.63, 3.8) is 0 Å². The summed E-state index contributed by atoms with van der Waals surface area (Å²) in [5.74, 6) is 0. The van der Waals surface area contributed by atoms with Gasteiger partial charge in [-0.05, 0) is 27.2 Å². The van der Waals surface area contributed by atoms with E-state index in [9.17, 15) is 25.2 Å². The molecule has 116 valence electrons. The van der Waals surface area contributed by atoms with Crippen LogP contribution in [0.2, 0.25) is 0 Å². The van der Waals surface area contributed by atoms with Gasteiger partial charge in [-0.3, -0.25) is 0 Å². The molecule has 0 atom stereocenters. The Hall–Kier alpha value is 0.440. The number of unbranched alkanes of at least 4 members (excludes halogenated alkanes) is 1. The molecule has 0 fully saturated rings. The minimum absolute atomic E-state index is 0.455. The van der Waals surface area contributed by atoms with Crippen molar-refractivity contribution in [3.8, 4) is 0 Å². The molecule has 0 aliphatic rings. The Labute approximate surface area is 106 Å². The van der Waals surface area contributed by atoms with Gasteiger partial charge in [-0.25, -0.2) is 0 Å². The molecule has 0 aliphatic heterocycles. The van der Waals surface area contributed by atoms with Gasteiger partial charge in [0.2, 0.25) is 0 Å². The average molecular weight is 320 g/mol. The third-order valence-electron chi connectivity index (χ3n) is 3.00. The second-order valence-electron chi connectivity index (χ2n) is 4.33. The van der Waals surface area contributed by atoms with Gasteiger partial charge in [0.1, 0.15) is 0 Å². The van der Waals surface area contributed by atoms with Crippen LogP contribution in [0, 0.1) is 0 Å². The molecule has 0 aromatic carbocycles. The van der Waals surface area contributed by atoms with E-state index in [4.69, 9.17) is 0 Å². The van der Waals surface area contributed by atoms with Crippen molar-refractivity contribution in [2.45, 2.75) is 40.5 Å². The van der Waals surface area contributed by atoms with E-state index in [2.05, 4.69) is 27.7 Å². The summed E-state index contributed by atoms with van der Waals surface area (Å²) in [6.45, 7) is 9.46. The molecule has 18 heavy (non-hydrogen) atoms. The fraction of sp³-hybridized carbons (Fsp3) is 1.00. The Morgan fingerprint density at radius 1 is 0.722 bits per heavy atom. The predicted molar refractivity (Wildman–Crippen MR) is 71.9 cm³/mol. The number of hydrogen-bond acceptors (Lipinski definition) is 0. The van der Waals surface area contributed by atoms with Crippen molar-refractivity contribution >= 4 is 15.1 Å². The summed E-state index contributed by atoms with van der Waals surface area (Å²) < 4.78 is 59.2. The molecular weight excluding hydrogens is 296 g/mol. The summed E-state index contributed by atoms with van der Waals surface area (Å²) in [4.78, 5) is 0. The monoisotopic (exact) mass is 320 g/mol. The average Bonchev–Trinajstić information content (AvgIpc) is 2.16. The van der Waals surface area contributed by atoms with Gasteiger partial charge in [0, 0.05) is 7.26 Å². The number of rotatable bonds is 6. The van der Waals surface area contributed by atoms with Gasteiger partial charge in [0.25, 0.3) is 0 Å². The maximum atomic E-state index is 9.87. The fourth-order valence-electron chi connectivity index (χ4n) is 1.64.